The summed E-state index contributed by atoms with van der Waals surface area (Å²) in [5.74, 6) is 0. The molecular formula is C41H44N2. The van der Waals surface area contributed by atoms with Crippen LogP contribution in [0.1, 0.15) is 65.0 Å². The van der Waals surface area contributed by atoms with Gasteiger partial charge in [0, 0.05) is 28.1 Å². The zero-order valence-electron chi connectivity index (χ0n) is 26.3. The van der Waals surface area contributed by atoms with Gasteiger partial charge in [0.15, 0.2) is 0 Å². The Hall–Kier alpha value is -4.30. The molecule has 1 aliphatic carbocycles. The van der Waals surface area contributed by atoms with Crippen molar-refractivity contribution in [1.29, 1.82) is 0 Å². The third-order valence-corrected chi connectivity index (χ3v) is 9.00. The molecule has 0 radical (unpaired) electrons. The lowest BCUT2D eigenvalue weighted by atomic mass is 9.83. The zero-order chi connectivity index (χ0) is 30.0. The van der Waals surface area contributed by atoms with Crippen molar-refractivity contribution in [2.24, 2.45) is 0 Å². The molecule has 43 heavy (non-hydrogen) atoms. The molecule has 0 aliphatic heterocycles. The molecular weight excluding hydrogens is 520 g/mol. The SMILES string of the molecule is CC(C)(C)c1ccc(C(C)(C)N(c2ccc(N(c3ccccc3)C3C=CCCC3)cc2)c2cccc3ccccc23)cc1. The summed E-state index contributed by atoms with van der Waals surface area (Å²) < 4.78 is 0. The molecule has 2 nitrogen and oxygen atoms in total. The maximum Gasteiger partial charge on any atom is 0.0646 e. The number of nitrogens with zero attached hydrogens (tertiary/aromatic N) is 2. The molecule has 218 valence electrons. The Morgan fingerprint density at radius 2 is 1.19 bits per heavy atom. The lowest BCUT2D eigenvalue weighted by Gasteiger charge is -2.42. The van der Waals surface area contributed by atoms with Crippen molar-refractivity contribution < 1.29 is 0 Å². The highest BCUT2D eigenvalue weighted by atomic mass is 15.2. The Labute approximate surface area is 258 Å². The average molecular weight is 565 g/mol. The number of benzene rings is 5. The molecule has 0 spiro atoms. The molecule has 1 atom stereocenters. The fourth-order valence-corrected chi connectivity index (χ4v) is 6.57. The van der Waals surface area contributed by atoms with Gasteiger partial charge < -0.3 is 9.80 Å². The van der Waals surface area contributed by atoms with Gasteiger partial charge in [-0.15, -0.1) is 0 Å². The van der Waals surface area contributed by atoms with Gasteiger partial charge in [-0.1, -0.05) is 112 Å². The summed E-state index contributed by atoms with van der Waals surface area (Å²) in [6.45, 7) is 11.5. The highest BCUT2D eigenvalue weighted by Crippen LogP contribution is 2.44. The van der Waals surface area contributed by atoms with Crippen LogP contribution < -0.4 is 9.80 Å². The summed E-state index contributed by atoms with van der Waals surface area (Å²) in [5, 5.41) is 2.51. The summed E-state index contributed by atoms with van der Waals surface area (Å²) in [5.41, 5.74) is 7.29. The second-order valence-corrected chi connectivity index (χ2v) is 13.4. The fourth-order valence-electron chi connectivity index (χ4n) is 6.57. The van der Waals surface area contributed by atoms with E-state index in [1.54, 1.807) is 0 Å². The molecule has 0 heterocycles. The zero-order valence-corrected chi connectivity index (χ0v) is 26.3. The third kappa shape index (κ3) is 5.84. The molecule has 0 saturated heterocycles. The van der Waals surface area contributed by atoms with E-state index in [0.717, 1.165) is 6.42 Å². The molecule has 5 aromatic carbocycles. The van der Waals surface area contributed by atoms with Gasteiger partial charge in [0.2, 0.25) is 0 Å². The first-order valence-electron chi connectivity index (χ1n) is 15.7. The molecule has 0 bridgehead atoms. The van der Waals surface area contributed by atoms with E-state index < -0.39 is 0 Å². The molecule has 6 rings (SSSR count). The van der Waals surface area contributed by atoms with Gasteiger partial charge in [0.1, 0.15) is 0 Å². The Morgan fingerprint density at radius 1 is 0.581 bits per heavy atom. The van der Waals surface area contributed by atoms with Crippen LogP contribution in [-0.4, -0.2) is 6.04 Å². The van der Waals surface area contributed by atoms with Crippen molar-refractivity contribution in [3.63, 3.8) is 0 Å². The highest BCUT2D eigenvalue weighted by molar-refractivity contribution is 5.96. The van der Waals surface area contributed by atoms with Gasteiger partial charge in [0.05, 0.1) is 11.6 Å². The van der Waals surface area contributed by atoms with Crippen LogP contribution in [0.4, 0.5) is 22.7 Å². The van der Waals surface area contributed by atoms with Crippen LogP contribution in [-0.2, 0) is 11.0 Å². The number of hydrogen-bond acceptors (Lipinski definition) is 2. The smallest absolute Gasteiger partial charge is 0.0646 e. The van der Waals surface area contributed by atoms with Crippen LogP contribution in [0.2, 0.25) is 0 Å². The van der Waals surface area contributed by atoms with Crippen molar-refractivity contribution in [3.05, 3.63) is 145 Å². The number of allylic oxidation sites excluding steroid dienone is 1. The molecule has 5 aromatic rings. The van der Waals surface area contributed by atoms with Crippen molar-refractivity contribution in [2.75, 3.05) is 9.80 Å². The summed E-state index contributed by atoms with van der Waals surface area (Å²) in [6.07, 6.45) is 8.28. The van der Waals surface area contributed by atoms with Crippen molar-refractivity contribution in [1.82, 2.24) is 0 Å². The number of hydrogen-bond donors (Lipinski definition) is 0. The van der Waals surface area contributed by atoms with Gasteiger partial charge in [-0.05, 0) is 97.5 Å². The maximum absolute atomic E-state index is 2.53. The Kier molecular flexibility index (Phi) is 7.88. The molecule has 2 heteroatoms. The molecule has 1 unspecified atom stereocenters. The largest absolute Gasteiger partial charge is 0.335 e. The first kappa shape index (κ1) is 28.8. The number of para-hydroxylation sites is 1. The standard InChI is InChI=1S/C41H44N2/c1-40(2,3)32-23-25-33(26-24-32)41(4,5)43(39-22-14-16-31-15-12-13-21-38(31)39)37-29-27-36(28-30-37)42(34-17-8-6-9-18-34)35-19-10-7-11-20-35/h6,8-10,12-19,21-30,35H,7,11,20H2,1-5H3. The minimum absolute atomic E-state index is 0.117. The first-order valence-corrected chi connectivity index (χ1v) is 15.7. The molecule has 0 aromatic heterocycles. The van der Waals surface area contributed by atoms with E-state index in [1.165, 1.54) is 57.5 Å². The summed E-state index contributed by atoms with van der Waals surface area (Å²) in [7, 11) is 0. The number of fused-ring (bicyclic) bond motifs is 1. The minimum Gasteiger partial charge on any atom is -0.335 e. The van der Waals surface area contributed by atoms with Gasteiger partial charge in [-0.25, -0.2) is 0 Å². The molecule has 0 N–H and O–H groups in total. The second kappa shape index (κ2) is 11.8. The van der Waals surface area contributed by atoms with E-state index in [9.17, 15) is 0 Å². The van der Waals surface area contributed by atoms with E-state index in [4.69, 9.17) is 0 Å². The maximum atomic E-state index is 2.53. The van der Waals surface area contributed by atoms with Crippen molar-refractivity contribution >= 4 is 33.5 Å². The molecule has 0 saturated carbocycles. The van der Waals surface area contributed by atoms with Crippen LogP contribution in [0, 0.1) is 0 Å². The fraction of sp³-hybridized carbons (Fsp3) is 0.268. The predicted octanol–water partition coefficient (Wildman–Crippen LogP) is 11.5. The van der Waals surface area contributed by atoms with Gasteiger partial charge in [-0.3, -0.25) is 0 Å². The highest BCUT2D eigenvalue weighted by Gasteiger charge is 2.32. The number of anilines is 4. The minimum atomic E-state index is -0.312. The van der Waals surface area contributed by atoms with Crippen LogP contribution in [0.15, 0.2) is 133 Å². The van der Waals surface area contributed by atoms with Gasteiger partial charge in [0.25, 0.3) is 0 Å². The Balaban J connectivity index is 1.47. The lowest BCUT2D eigenvalue weighted by Crippen LogP contribution is -2.38. The average Bonchev–Trinajstić information content (AvgIpc) is 3.03. The topological polar surface area (TPSA) is 6.48 Å². The van der Waals surface area contributed by atoms with Crippen LogP contribution in [0.25, 0.3) is 10.8 Å². The van der Waals surface area contributed by atoms with E-state index in [0.29, 0.717) is 6.04 Å². The van der Waals surface area contributed by atoms with Crippen molar-refractivity contribution in [3.8, 4) is 0 Å². The Morgan fingerprint density at radius 3 is 1.86 bits per heavy atom. The molecule has 1 aliphatic rings. The van der Waals surface area contributed by atoms with E-state index in [1.807, 2.05) is 0 Å². The van der Waals surface area contributed by atoms with Crippen molar-refractivity contribution in [2.45, 2.75) is 70.9 Å². The van der Waals surface area contributed by atoms with Crippen LogP contribution >= 0.6 is 0 Å². The normalized spacial score (nSPS) is 15.4. The van der Waals surface area contributed by atoms with Gasteiger partial charge in [-0.2, -0.15) is 0 Å². The van der Waals surface area contributed by atoms with E-state index in [-0.39, 0.29) is 11.0 Å². The molecule has 0 fully saturated rings. The monoisotopic (exact) mass is 564 g/mol. The van der Waals surface area contributed by atoms with Gasteiger partial charge >= 0.3 is 0 Å². The predicted molar refractivity (Wildman–Crippen MR) is 186 cm³/mol. The Bertz CT molecular complexity index is 1680. The van der Waals surface area contributed by atoms with Crippen LogP contribution in [0.3, 0.4) is 0 Å². The second-order valence-electron chi connectivity index (χ2n) is 13.4. The summed E-state index contributed by atoms with van der Waals surface area (Å²) >= 11 is 0. The van der Waals surface area contributed by atoms with Crippen LogP contribution in [0.5, 0.6) is 0 Å². The summed E-state index contributed by atoms with van der Waals surface area (Å²) in [6, 6.07) is 45.0. The summed E-state index contributed by atoms with van der Waals surface area (Å²) in [4.78, 5) is 5.02. The third-order valence-electron chi connectivity index (χ3n) is 9.00. The number of rotatable bonds is 7. The lowest BCUT2D eigenvalue weighted by molar-refractivity contribution is 0.534. The first-order chi connectivity index (χ1) is 20.7. The van der Waals surface area contributed by atoms with E-state index >= 15 is 0 Å². The molecule has 0 amide bonds. The quantitative estimate of drug-likeness (QED) is 0.181. The van der Waals surface area contributed by atoms with E-state index in [2.05, 4.69) is 178 Å².